The van der Waals surface area contributed by atoms with E-state index in [0.717, 1.165) is 11.1 Å². The third kappa shape index (κ3) is 5.75. The molecule has 1 amide bonds. The predicted molar refractivity (Wildman–Crippen MR) is 137 cm³/mol. The van der Waals surface area contributed by atoms with Crippen LogP contribution in [0.15, 0.2) is 76.4 Å². The maximum atomic E-state index is 12.8. The fourth-order valence-electron chi connectivity index (χ4n) is 3.78. The highest BCUT2D eigenvalue weighted by atomic mass is 32.2. The second-order valence-electron chi connectivity index (χ2n) is 8.33. The van der Waals surface area contributed by atoms with Gasteiger partial charge in [0.25, 0.3) is 15.6 Å². The monoisotopic (exact) mass is 490 g/mol. The summed E-state index contributed by atoms with van der Waals surface area (Å²) in [6.45, 7) is 3.69. The van der Waals surface area contributed by atoms with Gasteiger partial charge in [0, 0.05) is 18.5 Å². The number of hydrogen-bond acceptors (Lipinski definition) is 5. The molecule has 0 saturated carbocycles. The number of sulfonamides is 1. The molecule has 3 aromatic carbocycles. The number of carbonyl (C=O) groups is 1. The van der Waals surface area contributed by atoms with Gasteiger partial charge in [0.2, 0.25) is 5.91 Å². The number of amides is 1. The molecule has 4 rings (SSSR count). The molecule has 0 saturated heterocycles. The van der Waals surface area contributed by atoms with E-state index in [-0.39, 0.29) is 22.8 Å². The molecule has 4 aromatic rings. The highest BCUT2D eigenvalue weighted by Gasteiger charge is 2.16. The lowest BCUT2D eigenvalue weighted by Gasteiger charge is -2.13. The van der Waals surface area contributed by atoms with Crippen LogP contribution in [0.5, 0.6) is 0 Å². The van der Waals surface area contributed by atoms with E-state index < -0.39 is 10.0 Å². The molecule has 0 bridgehead atoms. The van der Waals surface area contributed by atoms with Crippen molar-refractivity contribution in [3.8, 4) is 0 Å². The van der Waals surface area contributed by atoms with Crippen molar-refractivity contribution in [1.82, 2.24) is 9.97 Å². The molecule has 35 heavy (non-hydrogen) atoms. The molecular formula is C26H26N4O4S. The van der Waals surface area contributed by atoms with E-state index in [1.807, 2.05) is 38.1 Å². The lowest BCUT2D eigenvalue weighted by molar-refractivity contribution is -0.116. The third-order valence-corrected chi connectivity index (χ3v) is 7.01. The van der Waals surface area contributed by atoms with E-state index >= 15 is 0 Å². The number of para-hydroxylation sites is 2. The molecule has 180 valence electrons. The molecule has 8 nitrogen and oxygen atoms in total. The summed E-state index contributed by atoms with van der Waals surface area (Å²) in [5, 5.41) is 3.30. The van der Waals surface area contributed by atoms with Crippen LogP contribution in [0.3, 0.4) is 0 Å². The van der Waals surface area contributed by atoms with Gasteiger partial charge in [-0.2, -0.15) is 0 Å². The molecule has 0 aliphatic heterocycles. The van der Waals surface area contributed by atoms with E-state index in [2.05, 4.69) is 20.0 Å². The Bertz CT molecular complexity index is 1520. The summed E-state index contributed by atoms with van der Waals surface area (Å²) in [4.78, 5) is 31.8. The van der Waals surface area contributed by atoms with Gasteiger partial charge in [-0.15, -0.1) is 0 Å². The van der Waals surface area contributed by atoms with Crippen molar-refractivity contribution >= 4 is 38.2 Å². The Labute approximate surface area is 203 Å². The van der Waals surface area contributed by atoms with E-state index in [1.165, 1.54) is 12.1 Å². The van der Waals surface area contributed by atoms with E-state index in [4.69, 9.17) is 0 Å². The quantitative estimate of drug-likeness (QED) is 0.340. The zero-order chi connectivity index (χ0) is 25.0. The number of aryl methyl sites for hydroxylation is 3. The second-order valence-corrected chi connectivity index (χ2v) is 10.0. The molecule has 0 aliphatic carbocycles. The Hall–Kier alpha value is -3.98. The second kappa shape index (κ2) is 10.1. The van der Waals surface area contributed by atoms with Gasteiger partial charge in [0.05, 0.1) is 21.5 Å². The Kier molecular flexibility index (Phi) is 6.97. The number of H-pyrrole nitrogens is 1. The first-order chi connectivity index (χ1) is 16.7. The summed E-state index contributed by atoms with van der Waals surface area (Å²) < 4.78 is 28.2. The topological polar surface area (TPSA) is 121 Å². The standard InChI is InChI=1S/C26H26N4O4S/c1-17-7-5-8-18(2)25(17)30-35(33,34)20-15-13-19(14-16-20)27-24(31)12-6-11-23-28-22-10-4-3-9-21(22)26(32)29-23/h3-5,7-10,13-16,30H,6,11-12H2,1-2H3,(H,27,31)(H,28,29,32). The summed E-state index contributed by atoms with van der Waals surface area (Å²) in [6, 6.07) is 18.7. The lowest BCUT2D eigenvalue weighted by atomic mass is 10.1. The zero-order valence-electron chi connectivity index (χ0n) is 19.5. The molecule has 3 N–H and O–H groups in total. The van der Waals surface area contributed by atoms with E-state index in [9.17, 15) is 18.0 Å². The minimum atomic E-state index is -3.77. The van der Waals surface area contributed by atoms with Crippen LogP contribution in [0.1, 0.15) is 29.8 Å². The van der Waals surface area contributed by atoms with Crippen molar-refractivity contribution in [3.05, 3.63) is 94.0 Å². The number of fused-ring (bicyclic) bond motifs is 1. The molecule has 0 unspecified atom stereocenters. The molecule has 0 spiro atoms. The number of hydrogen-bond donors (Lipinski definition) is 3. The van der Waals surface area contributed by atoms with Crippen molar-refractivity contribution in [3.63, 3.8) is 0 Å². The Morgan fingerprint density at radius 3 is 2.34 bits per heavy atom. The average molecular weight is 491 g/mol. The van der Waals surface area contributed by atoms with Crippen molar-refractivity contribution in [2.45, 2.75) is 38.0 Å². The summed E-state index contributed by atoms with van der Waals surface area (Å²) in [6.07, 6.45) is 1.18. The fraction of sp³-hybridized carbons (Fsp3) is 0.192. The number of rotatable bonds is 8. The van der Waals surface area contributed by atoms with Gasteiger partial charge in [-0.05, 0) is 67.8 Å². The number of carbonyl (C=O) groups excluding carboxylic acids is 1. The van der Waals surface area contributed by atoms with Crippen LogP contribution in [0, 0.1) is 13.8 Å². The normalized spacial score (nSPS) is 11.4. The first-order valence-electron chi connectivity index (χ1n) is 11.2. The first-order valence-corrected chi connectivity index (χ1v) is 12.7. The molecule has 9 heteroatoms. The van der Waals surface area contributed by atoms with Gasteiger partial charge in [-0.1, -0.05) is 30.3 Å². The zero-order valence-corrected chi connectivity index (χ0v) is 20.3. The van der Waals surface area contributed by atoms with E-state index in [1.54, 1.807) is 30.3 Å². The Morgan fingerprint density at radius 2 is 1.63 bits per heavy atom. The van der Waals surface area contributed by atoms with Gasteiger partial charge in [-0.25, -0.2) is 13.4 Å². The number of benzene rings is 3. The summed E-state index contributed by atoms with van der Waals surface area (Å²) in [5.74, 6) is 0.324. The SMILES string of the molecule is Cc1cccc(C)c1NS(=O)(=O)c1ccc(NC(=O)CCCc2nc3ccccc3c(=O)[nH]2)cc1. The smallest absolute Gasteiger partial charge is 0.261 e. The van der Waals surface area contributed by atoms with Gasteiger partial charge in [0.1, 0.15) is 5.82 Å². The number of aromatic nitrogens is 2. The lowest BCUT2D eigenvalue weighted by Crippen LogP contribution is -2.15. The highest BCUT2D eigenvalue weighted by Crippen LogP contribution is 2.24. The molecule has 0 aliphatic rings. The first kappa shape index (κ1) is 24.2. The van der Waals surface area contributed by atoms with Crippen LogP contribution >= 0.6 is 0 Å². The number of nitrogens with zero attached hydrogens (tertiary/aromatic N) is 1. The van der Waals surface area contributed by atoms with Crippen LogP contribution < -0.4 is 15.6 Å². The van der Waals surface area contributed by atoms with Crippen LogP contribution in [-0.2, 0) is 21.2 Å². The minimum absolute atomic E-state index is 0.101. The van der Waals surface area contributed by atoms with E-state index in [0.29, 0.717) is 40.9 Å². The maximum Gasteiger partial charge on any atom is 0.261 e. The highest BCUT2D eigenvalue weighted by molar-refractivity contribution is 7.92. The molecule has 1 heterocycles. The summed E-state index contributed by atoms with van der Waals surface area (Å²) in [5.41, 5.74) is 3.15. The van der Waals surface area contributed by atoms with Gasteiger partial charge >= 0.3 is 0 Å². The molecule has 1 aromatic heterocycles. The number of anilines is 2. The summed E-state index contributed by atoms with van der Waals surface area (Å²) >= 11 is 0. The van der Waals surface area contributed by atoms with Crippen LogP contribution in [0.25, 0.3) is 10.9 Å². The maximum absolute atomic E-state index is 12.8. The number of nitrogens with one attached hydrogen (secondary N) is 3. The Morgan fingerprint density at radius 1 is 0.943 bits per heavy atom. The molecule has 0 radical (unpaired) electrons. The molecular weight excluding hydrogens is 464 g/mol. The van der Waals surface area contributed by atoms with Crippen molar-refractivity contribution in [1.29, 1.82) is 0 Å². The largest absolute Gasteiger partial charge is 0.326 e. The van der Waals surface area contributed by atoms with Gasteiger partial charge in [-0.3, -0.25) is 14.3 Å². The van der Waals surface area contributed by atoms with Crippen LogP contribution in [0.2, 0.25) is 0 Å². The average Bonchev–Trinajstić information content (AvgIpc) is 2.82. The van der Waals surface area contributed by atoms with Crippen molar-refractivity contribution < 1.29 is 13.2 Å². The summed E-state index contributed by atoms with van der Waals surface area (Å²) in [7, 11) is -3.77. The van der Waals surface area contributed by atoms with Gasteiger partial charge in [0.15, 0.2) is 0 Å². The minimum Gasteiger partial charge on any atom is -0.326 e. The molecule has 0 atom stereocenters. The van der Waals surface area contributed by atoms with Crippen molar-refractivity contribution in [2.24, 2.45) is 0 Å². The number of aromatic amines is 1. The third-order valence-electron chi connectivity index (χ3n) is 5.65. The van der Waals surface area contributed by atoms with Gasteiger partial charge < -0.3 is 10.3 Å². The Balaban J connectivity index is 1.34. The van der Waals surface area contributed by atoms with Crippen LogP contribution in [0.4, 0.5) is 11.4 Å². The fourth-order valence-corrected chi connectivity index (χ4v) is 4.98. The molecule has 0 fully saturated rings. The van der Waals surface area contributed by atoms with Crippen LogP contribution in [-0.4, -0.2) is 24.3 Å². The van der Waals surface area contributed by atoms with Crippen molar-refractivity contribution in [2.75, 3.05) is 10.0 Å². The predicted octanol–water partition coefficient (Wildman–Crippen LogP) is 4.30.